The van der Waals surface area contributed by atoms with E-state index in [1.54, 1.807) is 22.3 Å². The van der Waals surface area contributed by atoms with Crippen molar-refractivity contribution in [1.29, 1.82) is 0 Å². The quantitative estimate of drug-likeness (QED) is 0.0361. The second kappa shape index (κ2) is 33.1. The predicted octanol–water partition coefficient (Wildman–Crippen LogP) is 29.0. The van der Waals surface area contributed by atoms with Gasteiger partial charge in [-0.2, -0.15) is 0 Å². The molecule has 0 spiro atoms. The molecule has 0 N–H and O–H groups in total. The van der Waals surface area contributed by atoms with E-state index in [1.165, 1.54) is 233 Å². The zero-order chi connectivity index (χ0) is 63.5. The molecule has 2 aliphatic rings. The summed E-state index contributed by atoms with van der Waals surface area (Å²) >= 11 is 7.63. The van der Waals surface area contributed by atoms with Crippen LogP contribution in [0.15, 0.2) is 215 Å². The van der Waals surface area contributed by atoms with Gasteiger partial charge in [-0.15, -0.1) is 0 Å². The van der Waals surface area contributed by atoms with E-state index in [4.69, 9.17) is 0 Å². The van der Waals surface area contributed by atoms with E-state index in [0.717, 1.165) is 34.6 Å². The largest absolute Gasteiger partial charge is 0.310 e. The number of fused-ring (bicyclic) bond motifs is 6. The molecule has 0 saturated heterocycles. The van der Waals surface area contributed by atoms with E-state index in [2.05, 4.69) is 276 Å². The summed E-state index contributed by atoms with van der Waals surface area (Å²) in [6.07, 6.45) is 35.6. The minimum atomic E-state index is -0.137. The smallest absolute Gasteiger partial charge is 0.0465 e. The normalized spacial score (nSPS) is 13.2. The van der Waals surface area contributed by atoms with Crippen LogP contribution in [0.25, 0.3) is 44.5 Å². The zero-order valence-corrected chi connectivity index (χ0v) is 59.3. The maximum Gasteiger partial charge on any atom is 0.0465 e. The van der Waals surface area contributed by atoms with Gasteiger partial charge in [0.25, 0.3) is 0 Å². The topological polar surface area (TPSA) is 6.48 Å². The fraction of sp³-hybridized carbons (Fsp3) is 0.386. The van der Waals surface area contributed by atoms with Gasteiger partial charge >= 0.3 is 0 Å². The Morgan fingerprint density at radius 3 is 0.793 bits per heavy atom. The van der Waals surface area contributed by atoms with Crippen LogP contribution in [0.5, 0.6) is 0 Å². The van der Waals surface area contributed by atoms with Crippen molar-refractivity contribution in [2.45, 2.75) is 218 Å². The second-order valence-corrected chi connectivity index (χ2v) is 28.9. The molecule has 2 aliphatic carbocycles. The molecule has 0 unspecified atom stereocenters. The molecule has 0 radical (unpaired) electrons. The molecule has 0 bridgehead atoms. The number of unbranched alkanes of at least 4 members (excludes halogenated alkanes) is 20. The number of nitrogens with zero attached hydrogens (tertiary/aromatic N) is 2. The summed E-state index contributed by atoms with van der Waals surface area (Å²) in [6, 6.07) is 79.4. The number of hydrogen-bond donors (Lipinski definition) is 0. The fourth-order valence-electron chi connectivity index (χ4n) is 15.8. The Labute approximate surface area is 572 Å². The monoisotopic (exact) mass is 1340 g/mol. The first-order valence-electron chi connectivity index (χ1n) is 36.2. The van der Waals surface area contributed by atoms with Gasteiger partial charge in [-0.25, -0.2) is 0 Å². The molecule has 9 aromatic rings. The van der Waals surface area contributed by atoms with E-state index >= 15 is 0 Å². The summed E-state index contributed by atoms with van der Waals surface area (Å²) in [7, 11) is 0. The lowest BCUT2D eigenvalue weighted by Crippen LogP contribution is -2.27. The SMILES string of the molecule is CCCCCCCCC1(CCCCCCCC)c2cc(N(c3ccc(Br)cc3)c3ccc(-c4ccccc4)cc3)ccc2-c2cc3c(cc21)-c1ccc(N(c2ccc(Br)cc2)c2ccc(-c4ccccc4)cc2)cc1C3(CCCCCCCC)CCCCCCCC. The third-order valence-corrected chi connectivity index (χ3v) is 21.8. The van der Waals surface area contributed by atoms with Crippen molar-refractivity contribution >= 4 is 66.0 Å². The van der Waals surface area contributed by atoms with Gasteiger partial charge in [0.1, 0.15) is 0 Å². The van der Waals surface area contributed by atoms with E-state index < -0.39 is 0 Å². The minimum Gasteiger partial charge on any atom is -0.310 e. The lowest BCUT2D eigenvalue weighted by atomic mass is 9.68. The first kappa shape index (κ1) is 67.0. The maximum absolute atomic E-state index is 3.81. The molecule has 0 aromatic heterocycles. The van der Waals surface area contributed by atoms with Gasteiger partial charge in [0.2, 0.25) is 0 Å². The number of rotatable bonds is 36. The Hall–Kier alpha value is -6.46. The third kappa shape index (κ3) is 15.5. The van der Waals surface area contributed by atoms with Crippen LogP contribution in [0.3, 0.4) is 0 Å². The number of benzene rings is 9. The summed E-state index contributed by atoms with van der Waals surface area (Å²) < 4.78 is 2.18. The molecule has 0 atom stereocenters. The highest BCUT2D eigenvalue weighted by Crippen LogP contribution is 2.62. The van der Waals surface area contributed by atoms with Gasteiger partial charge in [0.05, 0.1) is 0 Å². The molecular formula is C88H102Br2N2. The van der Waals surface area contributed by atoms with Crippen LogP contribution in [0.4, 0.5) is 34.1 Å². The average Bonchev–Trinajstić information content (AvgIpc) is 1.53. The lowest BCUT2D eigenvalue weighted by Gasteiger charge is -2.35. The molecule has 11 rings (SSSR count). The first-order chi connectivity index (χ1) is 45.3. The molecule has 0 amide bonds. The summed E-state index contributed by atoms with van der Waals surface area (Å²) in [5, 5.41) is 0. The summed E-state index contributed by atoms with van der Waals surface area (Å²) in [4.78, 5) is 5.06. The van der Waals surface area contributed by atoms with E-state index in [1.807, 2.05) is 0 Å². The standard InChI is InChI=1S/C88H102Br2N2/c1-5-9-13-17-21-31-59-87(60-32-22-18-14-10-6-2)83-63-77(91(75-51-43-71(89)44-52-75)73-47-39-69(40-48-73)67-35-27-25-28-36-67)55-57-79(83)81-66-86-82(65-85(81)87)80-58-56-78(64-84(80)88(86,61-33-23-19-15-11-7-3)62-34-24-20-16-12-8-4)92(76-53-45-72(90)46-54-76)74-49-41-70(42-50-74)68-37-29-26-30-38-68/h25-30,35-58,63-66H,5-24,31-34,59-62H2,1-4H3. The van der Waals surface area contributed by atoms with Gasteiger partial charge < -0.3 is 9.80 Å². The molecule has 0 heterocycles. The van der Waals surface area contributed by atoms with Crippen molar-refractivity contribution in [1.82, 2.24) is 0 Å². The number of hydrogen-bond acceptors (Lipinski definition) is 2. The van der Waals surface area contributed by atoms with Gasteiger partial charge in [-0.1, -0.05) is 311 Å². The Morgan fingerprint density at radius 1 is 0.239 bits per heavy atom. The Kier molecular flexibility index (Phi) is 24.1. The summed E-state index contributed by atoms with van der Waals surface area (Å²) in [5.74, 6) is 0. The van der Waals surface area contributed by atoms with Gasteiger partial charge in [0, 0.05) is 53.9 Å². The van der Waals surface area contributed by atoms with Crippen molar-refractivity contribution in [2.24, 2.45) is 0 Å². The molecule has 0 aliphatic heterocycles. The van der Waals surface area contributed by atoms with Crippen LogP contribution in [-0.4, -0.2) is 0 Å². The van der Waals surface area contributed by atoms with Crippen molar-refractivity contribution in [3.63, 3.8) is 0 Å². The average molecular weight is 1350 g/mol. The number of halogens is 2. The van der Waals surface area contributed by atoms with Crippen LogP contribution in [-0.2, 0) is 10.8 Å². The highest BCUT2D eigenvalue weighted by atomic mass is 79.9. The van der Waals surface area contributed by atoms with Crippen LogP contribution in [0, 0.1) is 0 Å². The fourth-order valence-corrected chi connectivity index (χ4v) is 16.4. The van der Waals surface area contributed by atoms with Crippen molar-refractivity contribution in [3.05, 3.63) is 237 Å². The molecule has 2 nitrogen and oxygen atoms in total. The van der Waals surface area contributed by atoms with Crippen LogP contribution < -0.4 is 9.80 Å². The maximum atomic E-state index is 3.81. The van der Waals surface area contributed by atoms with Gasteiger partial charge in [-0.05, 0) is 202 Å². The molecule has 0 fully saturated rings. The predicted molar refractivity (Wildman–Crippen MR) is 406 cm³/mol. The second-order valence-electron chi connectivity index (χ2n) is 27.1. The van der Waals surface area contributed by atoms with Crippen molar-refractivity contribution in [2.75, 3.05) is 9.80 Å². The molecule has 92 heavy (non-hydrogen) atoms. The van der Waals surface area contributed by atoms with E-state index in [9.17, 15) is 0 Å². The molecule has 0 saturated carbocycles. The Bertz CT molecular complexity index is 3440. The van der Waals surface area contributed by atoms with Crippen LogP contribution >= 0.6 is 31.9 Å². The lowest BCUT2D eigenvalue weighted by molar-refractivity contribution is 0.394. The first-order valence-corrected chi connectivity index (χ1v) is 37.8. The van der Waals surface area contributed by atoms with E-state index in [0.29, 0.717) is 0 Å². The highest BCUT2D eigenvalue weighted by Gasteiger charge is 2.48. The number of anilines is 6. The summed E-state index contributed by atoms with van der Waals surface area (Å²) in [5.41, 5.74) is 24.0. The molecule has 4 heteroatoms. The zero-order valence-electron chi connectivity index (χ0n) is 56.1. The molecule has 9 aromatic carbocycles. The van der Waals surface area contributed by atoms with Gasteiger partial charge in [-0.3, -0.25) is 0 Å². The summed E-state index contributed by atoms with van der Waals surface area (Å²) in [6.45, 7) is 9.41. The Balaban J connectivity index is 1.10. The van der Waals surface area contributed by atoms with Gasteiger partial charge in [0.15, 0.2) is 0 Å². The van der Waals surface area contributed by atoms with Crippen LogP contribution in [0.2, 0.25) is 0 Å². The third-order valence-electron chi connectivity index (χ3n) is 20.8. The van der Waals surface area contributed by atoms with Crippen molar-refractivity contribution in [3.8, 4) is 44.5 Å². The molecular weight excluding hydrogens is 1240 g/mol. The van der Waals surface area contributed by atoms with E-state index in [-0.39, 0.29) is 10.8 Å². The van der Waals surface area contributed by atoms with Crippen LogP contribution in [0.1, 0.15) is 230 Å². The van der Waals surface area contributed by atoms with Crippen molar-refractivity contribution < 1.29 is 0 Å². The molecule has 478 valence electrons. The highest BCUT2D eigenvalue weighted by molar-refractivity contribution is 9.10. The minimum absolute atomic E-state index is 0.137. The Morgan fingerprint density at radius 2 is 0.489 bits per heavy atom.